The van der Waals surface area contributed by atoms with Crippen LogP contribution in [0.2, 0.25) is 0 Å². The van der Waals surface area contributed by atoms with Crippen LogP contribution in [-0.4, -0.2) is 11.7 Å². The van der Waals surface area contributed by atoms with Gasteiger partial charge in [0.2, 0.25) is 0 Å². The van der Waals surface area contributed by atoms with E-state index in [2.05, 4.69) is 5.32 Å². The summed E-state index contributed by atoms with van der Waals surface area (Å²) >= 11 is 0. The van der Waals surface area contributed by atoms with E-state index in [1.54, 1.807) is 0 Å². The van der Waals surface area contributed by atoms with Crippen LogP contribution in [0, 0.1) is 0 Å². The second kappa shape index (κ2) is 3.55. The fourth-order valence-corrected chi connectivity index (χ4v) is 1.77. The van der Waals surface area contributed by atoms with Gasteiger partial charge in [0.05, 0.1) is 5.66 Å². The zero-order chi connectivity index (χ0) is 8.32. The van der Waals surface area contributed by atoms with E-state index in [-0.39, 0.29) is 5.66 Å². The fraction of sp³-hybridized carbons (Fsp3) is 1.00. The van der Waals surface area contributed by atoms with E-state index in [1.807, 2.05) is 13.8 Å². The van der Waals surface area contributed by atoms with Gasteiger partial charge in [-0.1, -0.05) is 19.3 Å². The van der Waals surface area contributed by atoms with Crippen LogP contribution in [0.3, 0.4) is 0 Å². The number of hydrogen-bond donors (Lipinski definition) is 2. The van der Waals surface area contributed by atoms with Crippen molar-refractivity contribution in [2.24, 2.45) is 5.73 Å². The van der Waals surface area contributed by atoms with Gasteiger partial charge in [0.25, 0.3) is 0 Å². The van der Waals surface area contributed by atoms with Crippen molar-refractivity contribution in [1.29, 1.82) is 0 Å². The van der Waals surface area contributed by atoms with Crippen LogP contribution < -0.4 is 11.1 Å². The molecule has 0 aromatic heterocycles. The zero-order valence-corrected chi connectivity index (χ0v) is 7.69. The molecule has 2 nitrogen and oxygen atoms in total. The highest BCUT2D eigenvalue weighted by atomic mass is 15.1. The van der Waals surface area contributed by atoms with Gasteiger partial charge in [-0.15, -0.1) is 0 Å². The molecule has 0 aromatic carbocycles. The molecular weight excluding hydrogens is 136 g/mol. The Hall–Kier alpha value is -0.0800. The first-order valence-corrected chi connectivity index (χ1v) is 4.64. The van der Waals surface area contributed by atoms with E-state index in [4.69, 9.17) is 5.73 Å². The van der Waals surface area contributed by atoms with Crippen LogP contribution in [0.4, 0.5) is 0 Å². The summed E-state index contributed by atoms with van der Waals surface area (Å²) in [4.78, 5) is 0. The first kappa shape index (κ1) is 9.01. The summed E-state index contributed by atoms with van der Waals surface area (Å²) in [6.45, 7) is 4.06. The minimum atomic E-state index is -0.192. The minimum absolute atomic E-state index is 0.192. The van der Waals surface area contributed by atoms with Gasteiger partial charge in [-0.2, -0.15) is 0 Å². The normalized spacial score (nSPS) is 22.1. The largest absolute Gasteiger partial charge is 0.314 e. The van der Waals surface area contributed by atoms with E-state index < -0.39 is 0 Å². The third-order valence-electron chi connectivity index (χ3n) is 2.18. The Morgan fingerprint density at radius 1 is 1.18 bits per heavy atom. The molecule has 0 radical (unpaired) electrons. The molecule has 1 aliphatic carbocycles. The van der Waals surface area contributed by atoms with Crippen molar-refractivity contribution < 1.29 is 0 Å². The van der Waals surface area contributed by atoms with Crippen molar-refractivity contribution in [3.8, 4) is 0 Å². The smallest absolute Gasteiger partial charge is 0.0605 e. The second-order valence-corrected chi connectivity index (χ2v) is 4.20. The lowest BCUT2D eigenvalue weighted by Crippen LogP contribution is -2.53. The Bertz CT molecular complexity index is 109. The standard InChI is InChI=1S/C9H20N2/c1-9(2,10)11-8-6-4-3-5-7-8/h8,11H,3-7,10H2,1-2H3. The second-order valence-electron chi connectivity index (χ2n) is 4.20. The van der Waals surface area contributed by atoms with Crippen molar-refractivity contribution in [2.45, 2.75) is 57.7 Å². The van der Waals surface area contributed by atoms with Crippen LogP contribution >= 0.6 is 0 Å². The molecule has 1 fully saturated rings. The summed E-state index contributed by atoms with van der Waals surface area (Å²) in [5, 5.41) is 3.44. The lowest BCUT2D eigenvalue weighted by Gasteiger charge is -2.30. The molecule has 0 heterocycles. The summed E-state index contributed by atoms with van der Waals surface area (Å²) in [7, 11) is 0. The highest BCUT2D eigenvalue weighted by molar-refractivity contribution is 4.78. The summed E-state index contributed by atoms with van der Waals surface area (Å²) in [6, 6.07) is 0.670. The van der Waals surface area contributed by atoms with Crippen molar-refractivity contribution in [1.82, 2.24) is 5.32 Å². The van der Waals surface area contributed by atoms with Gasteiger partial charge in [-0.25, -0.2) is 0 Å². The molecule has 1 rings (SSSR count). The maximum Gasteiger partial charge on any atom is 0.0605 e. The van der Waals surface area contributed by atoms with Crippen molar-refractivity contribution in [3.63, 3.8) is 0 Å². The van der Waals surface area contributed by atoms with Gasteiger partial charge < -0.3 is 5.73 Å². The maximum absolute atomic E-state index is 5.86. The first-order valence-electron chi connectivity index (χ1n) is 4.64. The van der Waals surface area contributed by atoms with Crippen molar-refractivity contribution in [2.75, 3.05) is 0 Å². The highest BCUT2D eigenvalue weighted by Gasteiger charge is 2.18. The Morgan fingerprint density at radius 2 is 1.73 bits per heavy atom. The number of nitrogens with one attached hydrogen (secondary N) is 1. The number of nitrogens with two attached hydrogens (primary N) is 1. The molecule has 0 amide bonds. The highest BCUT2D eigenvalue weighted by Crippen LogP contribution is 2.18. The van der Waals surface area contributed by atoms with Gasteiger partial charge in [-0.3, -0.25) is 5.32 Å². The topological polar surface area (TPSA) is 38.0 Å². The van der Waals surface area contributed by atoms with Crippen LogP contribution in [0.15, 0.2) is 0 Å². The zero-order valence-electron chi connectivity index (χ0n) is 7.69. The van der Waals surface area contributed by atoms with Crippen molar-refractivity contribution >= 4 is 0 Å². The first-order chi connectivity index (χ1) is 5.08. The Kier molecular flexibility index (Phi) is 2.90. The molecule has 0 unspecified atom stereocenters. The molecule has 0 spiro atoms. The summed E-state index contributed by atoms with van der Waals surface area (Å²) in [5.74, 6) is 0. The van der Waals surface area contributed by atoms with E-state index in [0.717, 1.165) is 0 Å². The molecule has 11 heavy (non-hydrogen) atoms. The average Bonchev–Trinajstić information content (AvgIpc) is 1.85. The fourth-order valence-electron chi connectivity index (χ4n) is 1.77. The van der Waals surface area contributed by atoms with Gasteiger partial charge in [0, 0.05) is 6.04 Å². The van der Waals surface area contributed by atoms with Crippen LogP contribution in [-0.2, 0) is 0 Å². The third kappa shape index (κ3) is 3.73. The Morgan fingerprint density at radius 3 is 2.18 bits per heavy atom. The Labute approximate surface area is 69.5 Å². The molecule has 1 aliphatic rings. The summed E-state index contributed by atoms with van der Waals surface area (Å²) in [6.07, 6.45) is 6.76. The minimum Gasteiger partial charge on any atom is -0.314 e. The van der Waals surface area contributed by atoms with E-state index >= 15 is 0 Å². The Balaban J connectivity index is 2.24. The molecule has 0 saturated heterocycles. The molecule has 0 aromatic rings. The van der Waals surface area contributed by atoms with Crippen molar-refractivity contribution in [3.05, 3.63) is 0 Å². The third-order valence-corrected chi connectivity index (χ3v) is 2.18. The SMILES string of the molecule is CC(C)(N)NC1CCCCC1. The lowest BCUT2D eigenvalue weighted by molar-refractivity contribution is 0.285. The summed E-state index contributed by atoms with van der Waals surface area (Å²) in [5.41, 5.74) is 5.66. The van der Waals surface area contributed by atoms with Gasteiger partial charge >= 0.3 is 0 Å². The molecule has 3 N–H and O–H groups in total. The van der Waals surface area contributed by atoms with E-state index in [1.165, 1.54) is 32.1 Å². The molecule has 0 aliphatic heterocycles. The summed E-state index contributed by atoms with van der Waals surface area (Å²) < 4.78 is 0. The maximum atomic E-state index is 5.86. The van der Waals surface area contributed by atoms with Crippen LogP contribution in [0.25, 0.3) is 0 Å². The molecule has 0 atom stereocenters. The number of hydrogen-bond acceptors (Lipinski definition) is 2. The number of rotatable bonds is 2. The van der Waals surface area contributed by atoms with E-state index in [9.17, 15) is 0 Å². The monoisotopic (exact) mass is 156 g/mol. The predicted molar refractivity (Wildman–Crippen MR) is 48.3 cm³/mol. The predicted octanol–water partition coefficient (Wildman–Crippen LogP) is 1.60. The molecule has 2 heteroatoms. The molecule has 0 bridgehead atoms. The quantitative estimate of drug-likeness (QED) is 0.596. The lowest BCUT2D eigenvalue weighted by atomic mass is 9.94. The molecule has 66 valence electrons. The average molecular weight is 156 g/mol. The molecular formula is C9H20N2. The van der Waals surface area contributed by atoms with Crippen LogP contribution in [0.5, 0.6) is 0 Å². The van der Waals surface area contributed by atoms with Gasteiger partial charge in [-0.05, 0) is 26.7 Å². The van der Waals surface area contributed by atoms with E-state index in [0.29, 0.717) is 6.04 Å². The van der Waals surface area contributed by atoms with Gasteiger partial charge in [0.15, 0.2) is 0 Å². The van der Waals surface area contributed by atoms with Gasteiger partial charge in [0.1, 0.15) is 0 Å². The van der Waals surface area contributed by atoms with Crippen LogP contribution in [0.1, 0.15) is 46.0 Å². The molecule has 1 saturated carbocycles.